The zero-order chi connectivity index (χ0) is 16.7. The van der Waals surface area contributed by atoms with Crippen molar-refractivity contribution in [2.24, 2.45) is 5.92 Å². The maximum atomic E-state index is 12.8. The molecule has 1 aromatic carbocycles. The molecule has 0 aliphatic carbocycles. The summed E-state index contributed by atoms with van der Waals surface area (Å²) in [5.41, 5.74) is 0.626. The molecule has 23 heavy (non-hydrogen) atoms. The van der Waals surface area contributed by atoms with Crippen LogP contribution in [0, 0.1) is 12.8 Å². The van der Waals surface area contributed by atoms with Gasteiger partial charge >= 0.3 is 5.97 Å². The second kappa shape index (κ2) is 5.64. The summed E-state index contributed by atoms with van der Waals surface area (Å²) in [6, 6.07) is 7.62. The van der Waals surface area contributed by atoms with Gasteiger partial charge < -0.3 is 14.8 Å². The van der Waals surface area contributed by atoms with E-state index in [2.05, 4.69) is 5.32 Å². The van der Waals surface area contributed by atoms with Crippen LogP contribution in [0.5, 0.6) is 0 Å². The highest BCUT2D eigenvalue weighted by Gasteiger charge is 2.56. The molecule has 0 unspecified atom stereocenters. The lowest BCUT2D eigenvalue weighted by molar-refractivity contribution is -0.178. The largest absolute Gasteiger partial charge is 0.458 e. The Morgan fingerprint density at radius 2 is 2.04 bits per heavy atom. The molecule has 0 saturated carbocycles. The highest BCUT2D eigenvalue weighted by atomic mass is 16.6. The van der Waals surface area contributed by atoms with Gasteiger partial charge in [0.15, 0.2) is 0 Å². The van der Waals surface area contributed by atoms with Gasteiger partial charge in [0.05, 0.1) is 24.5 Å². The standard InChI is InChI=1S/C18H23NO4/c1-12-6-4-5-7-14(12)19-16(21)13-10-15(20)23-18(13)8-9-22-17(2,3)11-18/h4-7,13H,8-11H2,1-3H3,(H,19,21)/t13-,18+/m1/s1. The molecular formula is C18H23NO4. The number of amides is 1. The van der Waals surface area contributed by atoms with Crippen LogP contribution in [-0.2, 0) is 19.1 Å². The molecule has 0 radical (unpaired) electrons. The Bertz CT molecular complexity index is 640. The second-order valence-electron chi connectivity index (χ2n) is 7.13. The number of benzene rings is 1. The van der Waals surface area contributed by atoms with E-state index in [1.807, 2.05) is 45.0 Å². The van der Waals surface area contributed by atoms with Crippen LogP contribution >= 0.6 is 0 Å². The van der Waals surface area contributed by atoms with E-state index in [9.17, 15) is 9.59 Å². The van der Waals surface area contributed by atoms with Gasteiger partial charge in [0, 0.05) is 18.5 Å². The minimum absolute atomic E-state index is 0.133. The van der Waals surface area contributed by atoms with Gasteiger partial charge in [0.25, 0.3) is 0 Å². The van der Waals surface area contributed by atoms with Crippen molar-refractivity contribution >= 4 is 17.6 Å². The van der Waals surface area contributed by atoms with Crippen LogP contribution in [0.4, 0.5) is 5.69 Å². The van der Waals surface area contributed by atoms with Crippen LogP contribution in [-0.4, -0.2) is 29.7 Å². The molecule has 0 bridgehead atoms. The predicted octanol–water partition coefficient (Wildman–Crippen LogP) is 2.82. The average molecular weight is 317 g/mol. The van der Waals surface area contributed by atoms with E-state index in [4.69, 9.17) is 9.47 Å². The van der Waals surface area contributed by atoms with Gasteiger partial charge in [-0.1, -0.05) is 18.2 Å². The van der Waals surface area contributed by atoms with Crippen LogP contribution in [0.1, 0.15) is 38.7 Å². The fourth-order valence-corrected chi connectivity index (χ4v) is 3.70. The molecule has 5 heteroatoms. The Morgan fingerprint density at radius 3 is 2.74 bits per heavy atom. The van der Waals surface area contributed by atoms with Gasteiger partial charge in [-0.05, 0) is 32.4 Å². The van der Waals surface area contributed by atoms with Crippen LogP contribution in [0.25, 0.3) is 0 Å². The molecule has 2 saturated heterocycles. The summed E-state index contributed by atoms with van der Waals surface area (Å²) in [6.07, 6.45) is 1.24. The molecule has 1 amide bonds. The van der Waals surface area contributed by atoms with Crippen molar-refractivity contribution in [2.45, 2.75) is 51.2 Å². The molecule has 2 aliphatic heterocycles. The fraction of sp³-hybridized carbons (Fsp3) is 0.556. The van der Waals surface area contributed by atoms with Crippen LogP contribution in [0.3, 0.4) is 0 Å². The SMILES string of the molecule is Cc1ccccc1NC(=O)[C@H]1CC(=O)O[C@]12CCOC(C)(C)C2. The topological polar surface area (TPSA) is 64.6 Å². The molecule has 3 rings (SSSR count). The Hall–Kier alpha value is -1.88. The molecule has 5 nitrogen and oxygen atoms in total. The first kappa shape index (κ1) is 16.0. The summed E-state index contributed by atoms with van der Waals surface area (Å²) < 4.78 is 11.4. The number of carbonyl (C=O) groups is 2. The third kappa shape index (κ3) is 3.11. The second-order valence-corrected chi connectivity index (χ2v) is 7.13. The van der Waals surface area contributed by atoms with E-state index in [1.165, 1.54) is 0 Å². The zero-order valence-corrected chi connectivity index (χ0v) is 13.8. The highest BCUT2D eigenvalue weighted by Crippen LogP contribution is 2.46. The summed E-state index contributed by atoms with van der Waals surface area (Å²) >= 11 is 0. The smallest absolute Gasteiger partial charge is 0.307 e. The summed E-state index contributed by atoms with van der Waals surface area (Å²) in [4.78, 5) is 24.7. The lowest BCUT2D eigenvalue weighted by Gasteiger charge is -2.43. The first-order valence-corrected chi connectivity index (χ1v) is 8.04. The normalized spacial score (nSPS) is 29.3. The van der Waals surface area contributed by atoms with Crippen molar-refractivity contribution in [2.75, 3.05) is 11.9 Å². The van der Waals surface area contributed by atoms with Crippen molar-refractivity contribution < 1.29 is 19.1 Å². The average Bonchev–Trinajstić information content (AvgIpc) is 2.76. The van der Waals surface area contributed by atoms with E-state index >= 15 is 0 Å². The third-order valence-electron chi connectivity index (χ3n) is 4.79. The Kier molecular flexibility index (Phi) is 3.92. The Morgan fingerprint density at radius 1 is 1.30 bits per heavy atom. The van der Waals surface area contributed by atoms with E-state index < -0.39 is 17.1 Å². The molecule has 1 aromatic rings. The first-order chi connectivity index (χ1) is 10.8. The number of rotatable bonds is 2. The molecule has 2 heterocycles. The molecule has 1 spiro atoms. The fourth-order valence-electron chi connectivity index (χ4n) is 3.70. The summed E-state index contributed by atoms with van der Waals surface area (Å²) in [5.74, 6) is -0.923. The quantitative estimate of drug-likeness (QED) is 0.852. The summed E-state index contributed by atoms with van der Waals surface area (Å²) in [5, 5.41) is 2.96. The lowest BCUT2D eigenvalue weighted by atomic mass is 9.75. The predicted molar refractivity (Wildman–Crippen MR) is 86.0 cm³/mol. The number of hydrogen-bond donors (Lipinski definition) is 1. The minimum atomic E-state index is -0.744. The van der Waals surface area contributed by atoms with Crippen molar-refractivity contribution in [3.63, 3.8) is 0 Å². The van der Waals surface area contributed by atoms with Gasteiger partial charge in [-0.25, -0.2) is 0 Å². The van der Waals surface area contributed by atoms with Gasteiger partial charge in [0.1, 0.15) is 5.60 Å². The maximum Gasteiger partial charge on any atom is 0.307 e. The van der Waals surface area contributed by atoms with Crippen molar-refractivity contribution in [3.05, 3.63) is 29.8 Å². The first-order valence-electron chi connectivity index (χ1n) is 8.04. The number of nitrogens with one attached hydrogen (secondary N) is 1. The number of ether oxygens (including phenoxy) is 2. The lowest BCUT2D eigenvalue weighted by Crippen LogP contribution is -2.52. The zero-order valence-electron chi connectivity index (χ0n) is 13.8. The number of esters is 1. The number of anilines is 1. The Balaban J connectivity index is 1.83. The minimum Gasteiger partial charge on any atom is -0.458 e. The number of hydrogen-bond acceptors (Lipinski definition) is 4. The molecule has 0 aromatic heterocycles. The molecule has 1 N–H and O–H groups in total. The van der Waals surface area contributed by atoms with Crippen molar-refractivity contribution in [1.29, 1.82) is 0 Å². The van der Waals surface area contributed by atoms with E-state index in [0.717, 1.165) is 11.3 Å². The Labute approximate surface area is 136 Å². The maximum absolute atomic E-state index is 12.8. The van der Waals surface area contributed by atoms with Crippen molar-refractivity contribution in [1.82, 2.24) is 0 Å². The van der Waals surface area contributed by atoms with Gasteiger partial charge in [0.2, 0.25) is 5.91 Å². The molecule has 2 aliphatic rings. The molecular weight excluding hydrogens is 294 g/mol. The van der Waals surface area contributed by atoms with Crippen molar-refractivity contribution in [3.8, 4) is 0 Å². The van der Waals surface area contributed by atoms with E-state index in [0.29, 0.717) is 19.4 Å². The van der Waals surface area contributed by atoms with E-state index in [1.54, 1.807) is 0 Å². The molecule has 2 atom stereocenters. The summed E-state index contributed by atoms with van der Waals surface area (Å²) in [6.45, 7) is 6.38. The van der Waals surface area contributed by atoms with Gasteiger partial charge in [-0.3, -0.25) is 9.59 Å². The third-order valence-corrected chi connectivity index (χ3v) is 4.79. The molecule has 2 fully saturated rings. The monoisotopic (exact) mass is 317 g/mol. The van der Waals surface area contributed by atoms with Crippen LogP contribution in [0.15, 0.2) is 24.3 Å². The number of carbonyl (C=O) groups excluding carboxylic acids is 2. The highest BCUT2D eigenvalue weighted by molar-refractivity contribution is 5.97. The van der Waals surface area contributed by atoms with Crippen LogP contribution < -0.4 is 5.32 Å². The van der Waals surface area contributed by atoms with Gasteiger partial charge in [-0.15, -0.1) is 0 Å². The van der Waals surface area contributed by atoms with Crippen LogP contribution in [0.2, 0.25) is 0 Å². The number of aryl methyl sites for hydroxylation is 1. The van der Waals surface area contributed by atoms with E-state index in [-0.39, 0.29) is 18.3 Å². The summed E-state index contributed by atoms with van der Waals surface area (Å²) in [7, 11) is 0. The van der Waals surface area contributed by atoms with Gasteiger partial charge in [-0.2, -0.15) is 0 Å². The number of para-hydroxylation sites is 1. The molecule has 124 valence electrons.